The molecule has 0 fully saturated rings. The van der Waals surface area contributed by atoms with Crippen LogP contribution in [-0.4, -0.2) is 21.1 Å². The Balaban J connectivity index is 2.57. The third-order valence-corrected chi connectivity index (χ3v) is 3.23. The molecule has 2 heterocycles. The molecule has 4 heteroatoms. The number of aromatic nitrogens is 3. The molecule has 0 N–H and O–H groups in total. The maximum absolute atomic E-state index is 5.50. The van der Waals surface area contributed by atoms with Gasteiger partial charge in [-0.2, -0.15) is 0 Å². The van der Waals surface area contributed by atoms with E-state index in [2.05, 4.69) is 28.4 Å². The maximum atomic E-state index is 5.50. The Morgan fingerprint density at radius 2 is 2.06 bits per heavy atom. The summed E-state index contributed by atoms with van der Waals surface area (Å²) in [7, 11) is 0. The van der Waals surface area contributed by atoms with Gasteiger partial charge in [0.25, 0.3) is 0 Å². The highest BCUT2D eigenvalue weighted by Crippen LogP contribution is 2.22. The van der Waals surface area contributed by atoms with Crippen LogP contribution in [0.1, 0.15) is 37.4 Å². The quantitative estimate of drug-likeness (QED) is 0.815. The predicted octanol–water partition coefficient (Wildman–Crippen LogP) is 2.99. The molecule has 0 aliphatic carbocycles. The van der Waals surface area contributed by atoms with Crippen LogP contribution in [0.5, 0.6) is 0 Å². The van der Waals surface area contributed by atoms with Crippen LogP contribution in [0.15, 0.2) is 6.20 Å². The van der Waals surface area contributed by atoms with Gasteiger partial charge in [0.2, 0.25) is 0 Å². The molecule has 0 saturated heterocycles. The molecule has 98 valence electrons. The molecule has 0 atom stereocenters. The second-order valence-corrected chi connectivity index (χ2v) is 4.52. The van der Waals surface area contributed by atoms with Crippen LogP contribution in [0.25, 0.3) is 11.0 Å². The van der Waals surface area contributed by atoms with E-state index in [1.807, 2.05) is 20.0 Å². The molecule has 18 heavy (non-hydrogen) atoms. The molecule has 0 aliphatic rings. The van der Waals surface area contributed by atoms with E-state index in [1.54, 1.807) is 0 Å². The third-order valence-electron chi connectivity index (χ3n) is 3.23. The van der Waals surface area contributed by atoms with Crippen molar-refractivity contribution in [2.75, 3.05) is 6.61 Å². The molecule has 0 aromatic carbocycles. The topological polar surface area (TPSA) is 39.9 Å². The van der Waals surface area contributed by atoms with Crippen molar-refractivity contribution in [2.45, 2.75) is 47.3 Å². The Morgan fingerprint density at radius 3 is 2.72 bits per heavy atom. The van der Waals surface area contributed by atoms with E-state index in [1.165, 1.54) is 11.1 Å². The highest BCUT2D eigenvalue weighted by atomic mass is 16.5. The van der Waals surface area contributed by atoms with E-state index in [9.17, 15) is 0 Å². The zero-order valence-corrected chi connectivity index (χ0v) is 11.7. The fourth-order valence-corrected chi connectivity index (χ4v) is 2.20. The lowest BCUT2D eigenvalue weighted by Gasteiger charge is -2.09. The van der Waals surface area contributed by atoms with Crippen molar-refractivity contribution in [1.82, 2.24) is 14.5 Å². The lowest BCUT2D eigenvalue weighted by molar-refractivity contribution is 0.126. The van der Waals surface area contributed by atoms with E-state index in [0.717, 1.165) is 30.0 Å². The SMILES string of the molecule is CCCn1c(COCC)nc2cnc(C)c(C)c21. The molecule has 0 aliphatic heterocycles. The molecule has 0 radical (unpaired) electrons. The van der Waals surface area contributed by atoms with E-state index in [4.69, 9.17) is 4.74 Å². The van der Waals surface area contributed by atoms with Crippen LogP contribution in [0.2, 0.25) is 0 Å². The van der Waals surface area contributed by atoms with Crippen molar-refractivity contribution in [2.24, 2.45) is 0 Å². The smallest absolute Gasteiger partial charge is 0.136 e. The summed E-state index contributed by atoms with van der Waals surface area (Å²) in [5.74, 6) is 1.00. The van der Waals surface area contributed by atoms with Crippen LogP contribution in [0.4, 0.5) is 0 Å². The van der Waals surface area contributed by atoms with Crippen molar-refractivity contribution in [3.63, 3.8) is 0 Å². The Hall–Kier alpha value is -1.42. The van der Waals surface area contributed by atoms with Crippen LogP contribution in [0, 0.1) is 13.8 Å². The Morgan fingerprint density at radius 1 is 1.28 bits per heavy atom. The van der Waals surface area contributed by atoms with Gasteiger partial charge in [-0.25, -0.2) is 4.98 Å². The van der Waals surface area contributed by atoms with E-state index < -0.39 is 0 Å². The zero-order valence-electron chi connectivity index (χ0n) is 11.7. The first-order valence-corrected chi connectivity index (χ1v) is 6.58. The van der Waals surface area contributed by atoms with Crippen molar-refractivity contribution in [3.05, 3.63) is 23.3 Å². The monoisotopic (exact) mass is 247 g/mol. The highest BCUT2D eigenvalue weighted by Gasteiger charge is 2.13. The molecule has 0 saturated carbocycles. The Labute approximate surface area is 108 Å². The molecule has 0 amide bonds. The summed E-state index contributed by atoms with van der Waals surface area (Å²) in [6.07, 6.45) is 2.95. The third kappa shape index (κ3) is 2.25. The highest BCUT2D eigenvalue weighted by molar-refractivity contribution is 5.79. The normalized spacial score (nSPS) is 11.3. The number of rotatable bonds is 5. The van der Waals surface area contributed by atoms with E-state index >= 15 is 0 Å². The average Bonchev–Trinajstić information content (AvgIpc) is 2.71. The number of hydrogen-bond donors (Lipinski definition) is 0. The summed E-state index contributed by atoms with van der Waals surface area (Å²) in [6, 6.07) is 0. The molecule has 4 nitrogen and oxygen atoms in total. The number of nitrogens with zero attached hydrogens (tertiary/aromatic N) is 3. The minimum absolute atomic E-state index is 0.573. The molecule has 0 unspecified atom stereocenters. The number of aryl methyl sites for hydroxylation is 3. The van der Waals surface area contributed by atoms with Crippen LogP contribution >= 0.6 is 0 Å². The number of imidazole rings is 1. The van der Waals surface area contributed by atoms with Crippen molar-refractivity contribution < 1.29 is 4.74 Å². The molecule has 2 rings (SSSR count). The minimum Gasteiger partial charge on any atom is -0.374 e. The van der Waals surface area contributed by atoms with Gasteiger partial charge < -0.3 is 9.30 Å². The summed E-state index contributed by atoms with van der Waals surface area (Å²) in [5.41, 5.74) is 4.47. The second-order valence-electron chi connectivity index (χ2n) is 4.52. The Bertz CT molecular complexity index is 545. The van der Waals surface area contributed by atoms with Crippen molar-refractivity contribution in [1.29, 1.82) is 0 Å². The summed E-state index contributed by atoms with van der Waals surface area (Å²) in [5, 5.41) is 0. The lowest BCUT2D eigenvalue weighted by Crippen LogP contribution is -2.06. The average molecular weight is 247 g/mol. The van der Waals surface area contributed by atoms with Gasteiger partial charge in [0.05, 0.1) is 11.7 Å². The summed E-state index contributed by atoms with van der Waals surface area (Å²) < 4.78 is 7.78. The first kappa shape index (κ1) is 13.0. The summed E-state index contributed by atoms with van der Waals surface area (Å²) in [4.78, 5) is 9.03. The zero-order chi connectivity index (χ0) is 13.1. The molecule has 0 spiro atoms. The number of hydrogen-bond acceptors (Lipinski definition) is 3. The minimum atomic E-state index is 0.573. The number of ether oxygens (including phenoxy) is 1. The van der Waals surface area contributed by atoms with Crippen molar-refractivity contribution >= 4 is 11.0 Å². The van der Waals surface area contributed by atoms with Gasteiger partial charge in [-0.05, 0) is 32.8 Å². The van der Waals surface area contributed by atoms with Crippen LogP contribution < -0.4 is 0 Å². The van der Waals surface area contributed by atoms with Crippen LogP contribution in [0.3, 0.4) is 0 Å². The van der Waals surface area contributed by atoms with Crippen molar-refractivity contribution in [3.8, 4) is 0 Å². The van der Waals surface area contributed by atoms with Gasteiger partial charge in [0.1, 0.15) is 17.9 Å². The second kappa shape index (κ2) is 5.48. The van der Waals surface area contributed by atoms with Gasteiger partial charge in [-0.15, -0.1) is 0 Å². The molecular weight excluding hydrogens is 226 g/mol. The van der Waals surface area contributed by atoms with Gasteiger partial charge >= 0.3 is 0 Å². The number of pyridine rings is 1. The van der Waals surface area contributed by atoms with Gasteiger partial charge in [0, 0.05) is 18.8 Å². The summed E-state index contributed by atoms with van der Waals surface area (Å²) in [6.45, 7) is 10.6. The molecule has 0 bridgehead atoms. The first-order chi connectivity index (χ1) is 8.69. The maximum Gasteiger partial charge on any atom is 0.136 e. The van der Waals surface area contributed by atoms with Crippen LogP contribution in [-0.2, 0) is 17.9 Å². The van der Waals surface area contributed by atoms with Gasteiger partial charge in [-0.3, -0.25) is 4.98 Å². The largest absolute Gasteiger partial charge is 0.374 e. The number of fused-ring (bicyclic) bond motifs is 1. The van der Waals surface area contributed by atoms with Gasteiger partial charge in [0.15, 0.2) is 0 Å². The van der Waals surface area contributed by atoms with Gasteiger partial charge in [-0.1, -0.05) is 6.92 Å². The fraction of sp³-hybridized carbons (Fsp3) is 0.571. The fourth-order valence-electron chi connectivity index (χ4n) is 2.20. The molecule has 2 aromatic heterocycles. The first-order valence-electron chi connectivity index (χ1n) is 6.58. The molecular formula is C14H21N3O. The predicted molar refractivity (Wildman–Crippen MR) is 72.6 cm³/mol. The lowest BCUT2D eigenvalue weighted by atomic mass is 10.2. The summed E-state index contributed by atoms with van der Waals surface area (Å²) >= 11 is 0. The standard InChI is InChI=1S/C14H21N3O/c1-5-7-17-13(9-18-6-2)16-12-8-15-11(4)10(3)14(12)17/h8H,5-7,9H2,1-4H3. The van der Waals surface area contributed by atoms with E-state index in [-0.39, 0.29) is 0 Å². The Kier molecular flexibility index (Phi) is 3.97. The van der Waals surface area contributed by atoms with E-state index in [0.29, 0.717) is 13.2 Å². The molecule has 2 aromatic rings.